The highest BCUT2D eigenvalue weighted by atomic mass is 35.5. The molecule has 0 fully saturated rings. The predicted molar refractivity (Wildman–Crippen MR) is 50.5 cm³/mol. The van der Waals surface area contributed by atoms with E-state index in [1.165, 1.54) is 0 Å². The Bertz CT molecular complexity index is 255. The van der Waals surface area contributed by atoms with Crippen LogP contribution in [0.3, 0.4) is 0 Å². The normalized spacial score (nSPS) is 11.1. The number of nitrogens with zero attached hydrogens (tertiary/aromatic N) is 1. The quantitative estimate of drug-likeness (QED) is 0.759. The van der Waals surface area contributed by atoms with E-state index in [2.05, 4.69) is 29.4 Å². The number of H-pyrrole nitrogens is 1. The van der Waals surface area contributed by atoms with E-state index in [0.717, 1.165) is 17.8 Å². The van der Waals surface area contributed by atoms with Crippen molar-refractivity contribution < 1.29 is 0 Å². The number of aromatic amines is 1. The molecular weight excluding hydrogens is 174 g/mol. The summed E-state index contributed by atoms with van der Waals surface area (Å²) in [5.41, 5.74) is 2.20. The number of aromatic nitrogens is 2. The molecule has 1 heterocycles. The molecule has 0 aliphatic carbocycles. The van der Waals surface area contributed by atoms with Gasteiger partial charge in [0.25, 0.3) is 0 Å². The van der Waals surface area contributed by atoms with Gasteiger partial charge >= 0.3 is 0 Å². The minimum absolute atomic E-state index is 0.438. The van der Waals surface area contributed by atoms with E-state index in [1.54, 1.807) is 0 Å². The summed E-state index contributed by atoms with van der Waals surface area (Å²) in [6.07, 6.45) is 0. The second-order valence-electron chi connectivity index (χ2n) is 3.09. The van der Waals surface area contributed by atoms with Gasteiger partial charge in [-0.25, -0.2) is 0 Å². The summed E-state index contributed by atoms with van der Waals surface area (Å²) >= 11 is 5.89. The fourth-order valence-electron chi connectivity index (χ4n) is 1.18. The lowest BCUT2D eigenvalue weighted by molar-refractivity contribution is 0.760. The lowest BCUT2D eigenvalue weighted by Crippen LogP contribution is -2.07. The van der Waals surface area contributed by atoms with Crippen molar-refractivity contribution in [3.8, 4) is 0 Å². The molecule has 0 saturated carbocycles. The molecule has 0 spiro atoms. The van der Waals surface area contributed by atoms with Crippen molar-refractivity contribution in [3.63, 3.8) is 0 Å². The summed E-state index contributed by atoms with van der Waals surface area (Å²) in [6.45, 7) is 4.99. The summed E-state index contributed by atoms with van der Waals surface area (Å²) in [7, 11) is 1.90. The minimum atomic E-state index is 0.438. The smallest absolute Gasteiger partial charge is 0.155 e. The van der Waals surface area contributed by atoms with Crippen LogP contribution >= 0.6 is 11.6 Å². The number of halogens is 1. The van der Waals surface area contributed by atoms with E-state index in [4.69, 9.17) is 11.6 Å². The summed E-state index contributed by atoms with van der Waals surface area (Å²) in [6, 6.07) is 0. The van der Waals surface area contributed by atoms with Gasteiger partial charge in [0.2, 0.25) is 0 Å². The fourth-order valence-corrected chi connectivity index (χ4v) is 1.39. The maximum Gasteiger partial charge on any atom is 0.155 e. The Hall–Kier alpha value is -0.540. The van der Waals surface area contributed by atoms with E-state index in [9.17, 15) is 0 Å². The molecule has 1 rings (SSSR count). The number of hydrogen-bond donors (Lipinski definition) is 2. The van der Waals surface area contributed by atoms with E-state index in [0.29, 0.717) is 11.1 Å². The molecule has 0 saturated heterocycles. The summed E-state index contributed by atoms with van der Waals surface area (Å²) in [5.74, 6) is 0.438. The summed E-state index contributed by atoms with van der Waals surface area (Å²) in [5, 5.41) is 10.5. The molecular formula is C8H14ClN3. The van der Waals surface area contributed by atoms with Gasteiger partial charge in [-0.3, -0.25) is 5.10 Å². The molecule has 0 aliphatic heterocycles. The highest BCUT2D eigenvalue weighted by molar-refractivity contribution is 6.30. The van der Waals surface area contributed by atoms with E-state index in [1.807, 2.05) is 7.05 Å². The maximum atomic E-state index is 5.89. The molecule has 0 atom stereocenters. The van der Waals surface area contributed by atoms with Crippen LogP contribution in [-0.4, -0.2) is 17.2 Å². The van der Waals surface area contributed by atoms with Gasteiger partial charge in [-0.05, 0) is 13.0 Å². The van der Waals surface area contributed by atoms with Crippen LogP contribution in [0, 0.1) is 0 Å². The number of rotatable bonds is 3. The number of hydrogen-bond acceptors (Lipinski definition) is 2. The van der Waals surface area contributed by atoms with Gasteiger partial charge in [0, 0.05) is 17.8 Å². The van der Waals surface area contributed by atoms with Gasteiger partial charge in [-0.15, -0.1) is 0 Å². The van der Waals surface area contributed by atoms with Crippen LogP contribution in [0.15, 0.2) is 0 Å². The molecule has 4 heteroatoms. The van der Waals surface area contributed by atoms with Gasteiger partial charge in [0.15, 0.2) is 5.15 Å². The minimum Gasteiger partial charge on any atom is -0.316 e. The third-order valence-electron chi connectivity index (χ3n) is 1.78. The number of nitrogens with one attached hydrogen (secondary N) is 2. The van der Waals surface area contributed by atoms with Crippen molar-refractivity contribution in [3.05, 3.63) is 16.4 Å². The van der Waals surface area contributed by atoms with Crippen molar-refractivity contribution in [1.29, 1.82) is 0 Å². The lowest BCUT2D eigenvalue weighted by atomic mass is 10.1. The first-order valence-electron chi connectivity index (χ1n) is 4.04. The van der Waals surface area contributed by atoms with E-state index < -0.39 is 0 Å². The van der Waals surface area contributed by atoms with E-state index in [-0.39, 0.29) is 0 Å². The topological polar surface area (TPSA) is 40.7 Å². The Morgan fingerprint density at radius 2 is 2.25 bits per heavy atom. The van der Waals surface area contributed by atoms with Gasteiger partial charge < -0.3 is 5.32 Å². The Labute approximate surface area is 77.5 Å². The third kappa shape index (κ3) is 1.79. The molecule has 1 aromatic heterocycles. The third-order valence-corrected chi connectivity index (χ3v) is 2.09. The highest BCUT2D eigenvalue weighted by Gasteiger charge is 2.12. The first kappa shape index (κ1) is 9.55. The largest absolute Gasteiger partial charge is 0.316 e. The Morgan fingerprint density at radius 1 is 1.58 bits per heavy atom. The second-order valence-corrected chi connectivity index (χ2v) is 3.45. The van der Waals surface area contributed by atoms with Crippen LogP contribution in [0.4, 0.5) is 0 Å². The molecule has 0 aliphatic rings. The van der Waals surface area contributed by atoms with Crippen LogP contribution < -0.4 is 5.32 Å². The highest BCUT2D eigenvalue weighted by Crippen LogP contribution is 2.22. The van der Waals surface area contributed by atoms with Crippen molar-refractivity contribution >= 4 is 11.6 Å². The van der Waals surface area contributed by atoms with Crippen molar-refractivity contribution in [2.45, 2.75) is 26.3 Å². The zero-order valence-electron chi connectivity index (χ0n) is 7.61. The SMILES string of the molecule is CNCc1c(Cl)n[nH]c1C(C)C. The Morgan fingerprint density at radius 3 is 2.75 bits per heavy atom. The average molecular weight is 188 g/mol. The summed E-state index contributed by atoms with van der Waals surface area (Å²) in [4.78, 5) is 0. The van der Waals surface area contributed by atoms with Gasteiger partial charge in [-0.2, -0.15) is 5.10 Å². The summed E-state index contributed by atoms with van der Waals surface area (Å²) < 4.78 is 0. The van der Waals surface area contributed by atoms with Gasteiger partial charge in [-0.1, -0.05) is 25.4 Å². The van der Waals surface area contributed by atoms with Gasteiger partial charge in [0.05, 0.1) is 0 Å². The Kier molecular flexibility index (Phi) is 3.12. The molecule has 0 aromatic carbocycles. The van der Waals surface area contributed by atoms with Crippen LogP contribution in [0.2, 0.25) is 5.15 Å². The molecule has 0 unspecified atom stereocenters. The van der Waals surface area contributed by atoms with Crippen LogP contribution in [0.5, 0.6) is 0 Å². The monoisotopic (exact) mass is 187 g/mol. The molecule has 0 amide bonds. The molecule has 2 N–H and O–H groups in total. The van der Waals surface area contributed by atoms with Gasteiger partial charge in [0.1, 0.15) is 0 Å². The van der Waals surface area contributed by atoms with Crippen molar-refractivity contribution in [1.82, 2.24) is 15.5 Å². The molecule has 1 aromatic rings. The van der Waals surface area contributed by atoms with Crippen molar-refractivity contribution in [2.24, 2.45) is 0 Å². The Balaban J connectivity index is 2.95. The zero-order valence-corrected chi connectivity index (χ0v) is 8.37. The first-order chi connectivity index (χ1) is 5.66. The lowest BCUT2D eigenvalue weighted by Gasteiger charge is -2.05. The molecule has 68 valence electrons. The molecule has 12 heavy (non-hydrogen) atoms. The molecule has 3 nitrogen and oxygen atoms in total. The molecule has 0 radical (unpaired) electrons. The van der Waals surface area contributed by atoms with Crippen LogP contribution in [0.25, 0.3) is 0 Å². The zero-order chi connectivity index (χ0) is 9.14. The first-order valence-corrected chi connectivity index (χ1v) is 4.41. The van der Waals surface area contributed by atoms with Crippen molar-refractivity contribution in [2.75, 3.05) is 7.05 Å². The average Bonchev–Trinajstić information content (AvgIpc) is 2.34. The fraction of sp³-hybridized carbons (Fsp3) is 0.625. The predicted octanol–water partition coefficient (Wildman–Crippen LogP) is 1.91. The van der Waals surface area contributed by atoms with Crippen LogP contribution in [0.1, 0.15) is 31.0 Å². The van der Waals surface area contributed by atoms with E-state index >= 15 is 0 Å². The standard InChI is InChI=1S/C8H14ClN3/c1-5(2)7-6(4-10-3)8(9)12-11-7/h5,10H,4H2,1-3H3,(H,11,12). The molecule has 0 bridgehead atoms. The second kappa shape index (κ2) is 3.92. The van der Waals surface area contributed by atoms with Crippen LogP contribution in [-0.2, 0) is 6.54 Å². The maximum absolute atomic E-state index is 5.89.